The lowest BCUT2D eigenvalue weighted by atomic mass is 10.1. The highest BCUT2D eigenvalue weighted by Gasteiger charge is 2.05. The summed E-state index contributed by atoms with van der Waals surface area (Å²) in [6.45, 7) is 0.442. The number of para-hydroxylation sites is 1. The smallest absolute Gasteiger partial charge is 0.117 e. The van der Waals surface area contributed by atoms with Gasteiger partial charge in [-0.1, -0.05) is 18.2 Å². The van der Waals surface area contributed by atoms with Gasteiger partial charge in [0.1, 0.15) is 11.5 Å². The standard InChI is InChI=1S/C15H14N2O/c16-10-13-6-5-12(18-13)9-11-7-8-17-15-4-2-1-3-14(11)15/h1-8H,9-10,16H2. The molecule has 90 valence electrons. The molecule has 0 saturated carbocycles. The first-order chi connectivity index (χ1) is 8.86. The number of rotatable bonds is 3. The van der Waals surface area contributed by atoms with E-state index in [0.717, 1.165) is 23.5 Å². The van der Waals surface area contributed by atoms with Gasteiger partial charge in [0, 0.05) is 18.0 Å². The number of pyridine rings is 1. The predicted molar refractivity (Wildman–Crippen MR) is 71.1 cm³/mol. The van der Waals surface area contributed by atoms with Crippen LogP contribution in [0.5, 0.6) is 0 Å². The maximum absolute atomic E-state index is 5.64. The number of aromatic nitrogens is 1. The van der Waals surface area contributed by atoms with Crippen molar-refractivity contribution in [2.24, 2.45) is 5.73 Å². The number of nitrogens with zero attached hydrogens (tertiary/aromatic N) is 1. The van der Waals surface area contributed by atoms with Crippen molar-refractivity contribution < 1.29 is 4.42 Å². The highest BCUT2D eigenvalue weighted by atomic mass is 16.3. The predicted octanol–water partition coefficient (Wildman–Crippen LogP) is 2.88. The zero-order valence-electron chi connectivity index (χ0n) is 9.97. The summed E-state index contributed by atoms with van der Waals surface area (Å²) in [6.07, 6.45) is 2.60. The average Bonchev–Trinajstić information content (AvgIpc) is 2.87. The zero-order chi connectivity index (χ0) is 12.4. The highest BCUT2D eigenvalue weighted by Crippen LogP contribution is 2.20. The van der Waals surface area contributed by atoms with Gasteiger partial charge in [0.25, 0.3) is 0 Å². The van der Waals surface area contributed by atoms with Crippen molar-refractivity contribution in [2.45, 2.75) is 13.0 Å². The molecule has 0 aliphatic rings. The lowest BCUT2D eigenvalue weighted by molar-refractivity contribution is 0.475. The van der Waals surface area contributed by atoms with E-state index in [1.807, 2.05) is 42.6 Å². The van der Waals surface area contributed by atoms with Crippen LogP contribution in [0, 0.1) is 0 Å². The number of furan rings is 1. The van der Waals surface area contributed by atoms with E-state index in [1.165, 1.54) is 10.9 Å². The van der Waals surface area contributed by atoms with Crippen LogP contribution in [0.15, 0.2) is 53.1 Å². The monoisotopic (exact) mass is 238 g/mol. The van der Waals surface area contributed by atoms with Crippen molar-refractivity contribution in [1.82, 2.24) is 4.98 Å². The molecule has 3 nitrogen and oxygen atoms in total. The second-order valence-corrected chi connectivity index (χ2v) is 4.24. The van der Waals surface area contributed by atoms with Crippen LogP contribution >= 0.6 is 0 Å². The van der Waals surface area contributed by atoms with E-state index in [2.05, 4.69) is 11.1 Å². The van der Waals surface area contributed by atoms with E-state index >= 15 is 0 Å². The summed E-state index contributed by atoms with van der Waals surface area (Å²) in [7, 11) is 0. The van der Waals surface area contributed by atoms with Crippen LogP contribution < -0.4 is 5.73 Å². The van der Waals surface area contributed by atoms with Crippen molar-refractivity contribution in [3.63, 3.8) is 0 Å². The lowest BCUT2D eigenvalue weighted by Gasteiger charge is -2.03. The van der Waals surface area contributed by atoms with Gasteiger partial charge in [0.15, 0.2) is 0 Å². The normalized spacial score (nSPS) is 10.9. The van der Waals surface area contributed by atoms with Gasteiger partial charge in [0.05, 0.1) is 12.1 Å². The van der Waals surface area contributed by atoms with Crippen molar-refractivity contribution in [1.29, 1.82) is 0 Å². The molecule has 0 saturated heterocycles. The molecule has 0 unspecified atom stereocenters. The molecule has 3 rings (SSSR count). The second-order valence-electron chi connectivity index (χ2n) is 4.24. The van der Waals surface area contributed by atoms with Gasteiger partial charge >= 0.3 is 0 Å². The molecule has 0 bridgehead atoms. The Bertz CT molecular complexity index is 668. The Balaban J connectivity index is 1.99. The minimum Gasteiger partial charge on any atom is -0.464 e. The van der Waals surface area contributed by atoms with Crippen LogP contribution in [0.2, 0.25) is 0 Å². The van der Waals surface area contributed by atoms with Crippen LogP contribution in [-0.2, 0) is 13.0 Å². The fourth-order valence-electron chi connectivity index (χ4n) is 2.12. The maximum Gasteiger partial charge on any atom is 0.117 e. The molecule has 3 aromatic rings. The zero-order valence-corrected chi connectivity index (χ0v) is 9.97. The first kappa shape index (κ1) is 11.0. The largest absolute Gasteiger partial charge is 0.464 e. The Morgan fingerprint density at radius 2 is 1.83 bits per heavy atom. The Hall–Kier alpha value is -2.13. The fraction of sp³-hybridized carbons (Fsp3) is 0.133. The molecule has 18 heavy (non-hydrogen) atoms. The number of fused-ring (bicyclic) bond motifs is 1. The van der Waals surface area contributed by atoms with E-state index in [0.29, 0.717) is 6.54 Å². The SMILES string of the molecule is NCc1ccc(Cc2ccnc3ccccc23)o1. The fourth-order valence-corrected chi connectivity index (χ4v) is 2.12. The van der Waals surface area contributed by atoms with Gasteiger partial charge in [-0.2, -0.15) is 0 Å². The first-order valence-electron chi connectivity index (χ1n) is 5.97. The van der Waals surface area contributed by atoms with E-state index in [9.17, 15) is 0 Å². The summed E-state index contributed by atoms with van der Waals surface area (Å²) in [5, 5.41) is 1.17. The molecule has 0 aliphatic carbocycles. The molecular weight excluding hydrogens is 224 g/mol. The minimum atomic E-state index is 0.442. The van der Waals surface area contributed by atoms with Crippen molar-refractivity contribution in [3.05, 3.63) is 65.7 Å². The Morgan fingerprint density at radius 1 is 1.00 bits per heavy atom. The summed E-state index contributed by atoms with van der Waals surface area (Å²) in [4.78, 5) is 4.35. The quantitative estimate of drug-likeness (QED) is 0.763. The summed E-state index contributed by atoms with van der Waals surface area (Å²) in [5.41, 5.74) is 7.78. The highest BCUT2D eigenvalue weighted by molar-refractivity contribution is 5.82. The number of benzene rings is 1. The van der Waals surface area contributed by atoms with Crippen molar-refractivity contribution in [2.75, 3.05) is 0 Å². The third-order valence-electron chi connectivity index (χ3n) is 3.02. The van der Waals surface area contributed by atoms with Gasteiger partial charge in [-0.15, -0.1) is 0 Å². The summed E-state index contributed by atoms with van der Waals surface area (Å²) < 4.78 is 5.64. The molecule has 0 amide bonds. The van der Waals surface area contributed by atoms with E-state index in [4.69, 9.17) is 10.2 Å². The molecular formula is C15H14N2O. The van der Waals surface area contributed by atoms with Crippen molar-refractivity contribution >= 4 is 10.9 Å². The van der Waals surface area contributed by atoms with Gasteiger partial charge in [-0.25, -0.2) is 0 Å². The second kappa shape index (κ2) is 4.63. The first-order valence-corrected chi connectivity index (χ1v) is 5.97. The molecule has 0 radical (unpaired) electrons. The lowest BCUT2D eigenvalue weighted by Crippen LogP contribution is -1.93. The van der Waals surface area contributed by atoms with Gasteiger partial charge in [-0.05, 0) is 29.8 Å². The van der Waals surface area contributed by atoms with Crippen LogP contribution in [-0.4, -0.2) is 4.98 Å². The summed E-state index contributed by atoms with van der Waals surface area (Å²) >= 11 is 0. The molecule has 0 fully saturated rings. The minimum absolute atomic E-state index is 0.442. The molecule has 2 N–H and O–H groups in total. The third-order valence-corrected chi connectivity index (χ3v) is 3.02. The maximum atomic E-state index is 5.64. The Kier molecular flexibility index (Phi) is 2.82. The molecule has 0 aliphatic heterocycles. The molecule has 0 spiro atoms. The molecule has 2 aromatic heterocycles. The summed E-state index contributed by atoms with van der Waals surface area (Å²) in [6, 6.07) is 14.1. The Morgan fingerprint density at radius 3 is 2.67 bits per heavy atom. The van der Waals surface area contributed by atoms with Gasteiger partial charge in [-0.3, -0.25) is 4.98 Å². The third kappa shape index (κ3) is 2.00. The van der Waals surface area contributed by atoms with Crippen LogP contribution in [0.4, 0.5) is 0 Å². The van der Waals surface area contributed by atoms with Crippen LogP contribution in [0.3, 0.4) is 0 Å². The van der Waals surface area contributed by atoms with E-state index in [1.54, 1.807) is 0 Å². The Labute approximate surface area is 105 Å². The summed E-state index contributed by atoms with van der Waals surface area (Å²) in [5.74, 6) is 1.76. The van der Waals surface area contributed by atoms with Crippen LogP contribution in [0.25, 0.3) is 10.9 Å². The topological polar surface area (TPSA) is 52.0 Å². The van der Waals surface area contributed by atoms with Gasteiger partial charge < -0.3 is 10.2 Å². The molecule has 3 heteroatoms. The van der Waals surface area contributed by atoms with Crippen LogP contribution in [0.1, 0.15) is 17.1 Å². The molecule has 2 heterocycles. The van der Waals surface area contributed by atoms with Crippen molar-refractivity contribution in [3.8, 4) is 0 Å². The average molecular weight is 238 g/mol. The molecule has 0 atom stereocenters. The number of hydrogen-bond donors (Lipinski definition) is 1. The number of hydrogen-bond acceptors (Lipinski definition) is 3. The number of nitrogens with two attached hydrogens (primary N) is 1. The van der Waals surface area contributed by atoms with Gasteiger partial charge in [0.2, 0.25) is 0 Å². The van der Waals surface area contributed by atoms with E-state index < -0.39 is 0 Å². The van der Waals surface area contributed by atoms with E-state index in [-0.39, 0.29) is 0 Å². The molecule has 1 aromatic carbocycles.